The van der Waals surface area contributed by atoms with E-state index in [0.717, 1.165) is 47.2 Å². The van der Waals surface area contributed by atoms with Crippen molar-refractivity contribution in [1.82, 2.24) is 14.9 Å². The third kappa shape index (κ3) is 2.60. The molecule has 3 aliphatic rings. The third-order valence-corrected chi connectivity index (χ3v) is 6.82. The van der Waals surface area contributed by atoms with Crippen LogP contribution in [-0.2, 0) is 4.79 Å². The van der Waals surface area contributed by atoms with Crippen molar-refractivity contribution in [2.75, 3.05) is 24.5 Å². The van der Waals surface area contributed by atoms with Gasteiger partial charge in [-0.25, -0.2) is 9.97 Å². The summed E-state index contributed by atoms with van der Waals surface area (Å²) in [5.41, 5.74) is 1.98. The second-order valence-electron chi connectivity index (χ2n) is 7.75. The Bertz CT molecular complexity index is 832. The molecule has 1 amide bonds. The van der Waals surface area contributed by atoms with Gasteiger partial charge in [0.25, 0.3) is 0 Å². The molecule has 7 heteroatoms. The molecule has 1 N–H and O–H groups in total. The molecule has 25 heavy (non-hydrogen) atoms. The smallest absolute Gasteiger partial charge is 0.225 e. The van der Waals surface area contributed by atoms with Gasteiger partial charge in [-0.3, -0.25) is 4.79 Å². The lowest BCUT2D eigenvalue weighted by Crippen LogP contribution is -2.50. The van der Waals surface area contributed by atoms with Gasteiger partial charge in [-0.1, -0.05) is 11.3 Å². The van der Waals surface area contributed by atoms with E-state index >= 15 is 0 Å². The van der Waals surface area contributed by atoms with Gasteiger partial charge >= 0.3 is 0 Å². The Balaban J connectivity index is 1.35. The molecule has 5 rings (SSSR count). The quantitative estimate of drug-likeness (QED) is 0.887. The Morgan fingerprint density at radius 3 is 2.84 bits per heavy atom. The first-order valence-electron chi connectivity index (χ1n) is 9.04. The number of aliphatic hydroxyl groups excluding tert-OH is 1. The summed E-state index contributed by atoms with van der Waals surface area (Å²) >= 11 is 1.66. The fourth-order valence-corrected chi connectivity index (χ4v) is 5.51. The van der Waals surface area contributed by atoms with E-state index in [1.165, 1.54) is 0 Å². The van der Waals surface area contributed by atoms with E-state index in [4.69, 9.17) is 4.98 Å². The molecule has 0 radical (unpaired) electrons. The van der Waals surface area contributed by atoms with Crippen molar-refractivity contribution in [1.29, 1.82) is 0 Å². The van der Waals surface area contributed by atoms with Crippen molar-refractivity contribution in [3.05, 3.63) is 17.8 Å². The zero-order chi connectivity index (χ0) is 17.1. The maximum Gasteiger partial charge on any atom is 0.225 e. The number of hydrogen-bond donors (Lipinski definition) is 1. The van der Waals surface area contributed by atoms with E-state index in [-0.39, 0.29) is 17.9 Å². The molecular formula is C18H22N4O2S. The van der Waals surface area contributed by atoms with Gasteiger partial charge in [-0.15, -0.1) is 0 Å². The number of hydrogen-bond acceptors (Lipinski definition) is 6. The fraction of sp³-hybridized carbons (Fsp3) is 0.611. The van der Waals surface area contributed by atoms with Crippen LogP contribution in [0.4, 0.5) is 5.13 Å². The maximum absolute atomic E-state index is 12.6. The van der Waals surface area contributed by atoms with Crippen LogP contribution in [0.1, 0.15) is 25.0 Å². The second kappa shape index (κ2) is 5.64. The standard InChI is InChI=1S/C18H22N4O2S/c1-10-2-3-15-16(19-10)25-18(20-15)22-8-11-4-13(22)9-21(7-11)17(24)12-5-14(23)6-12/h2-3,11-14,23H,4-9H2,1H3. The molecule has 2 atom stereocenters. The monoisotopic (exact) mass is 358 g/mol. The number of fused-ring (bicyclic) bond motifs is 3. The number of rotatable bonds is 2. The third-order valence-electron chi connectivity index (χ3n) is 5.81. The van der Waals surface area contributed by atoms with Crippen molar-refractivity contribution < 1.29 is 9.90 Å². The molecule has 0 spiro atoms. The number of aromatic nitrogens is 2. The summed E-state index contributed by atoms with van der Waals surface area (Å²) in [5.74, 6) is 0.799. The molecule has 2 unspecified atom stereocenters. The van der Waals surface area contributed by atoms with Gasteiger partial charge in [-0.05, 0) is 44.2 Å². The van der Waals surface area contributed by atoms with Crippen LogP contribution in [0, 0.1) is 18.8 Å². The van der Waals surface area contributed by atoms with Gasteiger partial charge in [0, 0.05) is 37.3 Å². The molecule has 1 aliphatic carbocycles. The molecule has 4 heterocycles. The number of carbonyl (C=O) groups excluding carboxylic acids is 1. The summed E-state index contributed by atoms with van der Waals surface area (Å²) in [6.45, 7) is 4.61. The second-order valence-corrected chi connectivity index (χ2v) is 8.70. The molecule has 0 aromatic carbocycles. The highest BCUT2D eigenvalue weighted by Crippen LogP contribution is 2.38. The Kier molecular flexibility index (Phi) is 3.50. The van der Waals surface area contributed by atoms with Crippen molar-refractivity contribution in [2.24, 2.45) is 11.8 Å². The number of pyridine rings is 1. The average Bonchev–Trinajstić information content (AvgIpc) is 3.10. The van der Waals surface area contributed by atoms with Crippen molar-refractivity contribution in [3.8, 4) is 0 Å². The summed E-state index contributed by atoms with van der Waals surface area (Å²) < 4.78 is 0. The lowest BCUT2D eigenvalue weighted by atomic mass is 9.81. The Hall–Kier alpha value is -1.73. The minimum atomic E-state index is -0.273. The van der Waals surface area contributed by atoms with E-state index < -0.39 is 0 Å². The minimum Gasteiger partial charge on any atom is -0.393 e. The SMILES string of the molecule is Cc1ccc2nc(N3CC4CC3CN(C(=O)C3CC(O)C3)C4)sc2n1. The van der Waals surface area contributed by atoms with Gasteiger partial charge < -0.3 is 14.9 Å². The molecule has 2 aromatic rings. The van der Waals surface area contributed by atoms with Crippen LogP contribution >= 0.6 is 11.3 Å². The van der Waals surface area contributed by atoms with E-state index in [2.05, 4.69) is 9.88 Å². The first kappa shape index (κ1) is 15.5. The van der Waals surface area contributed by atoms with Gasteiger partial charge in [0.2, 0.25) is 5.91 Å². The van der Waals surface area contributed by atoms with Crippen LogP contribution in [0.15, 0.2) is 12.1 Å². The number of thiazole rings is 1. The first-order valence-corrected chi connectivity index (χ1v) is 9.86. The Morgan fingerprint density at radius 2 is 2.04 bits per heavy atom. The number of amides is 1. The number of likely N-dealkylation sites (tertiary alicyclic amines) is 1. The van der Waals surface area contributed by atoms with Crippen molar-refractivity contribution in [3.63, 3.8) is 0 Å². The van der Waals surface area contributed by atoms with Crippen LogP contribution in [0.3, 0.4) is 0 Å². The largest absolute Gasteiger partial charge is 0.393 e. The highest BCUT2D eigenvalue weighted by molar-refractivity contribution is 7.21. The summed E-state index contributed by atoms with van der Waals surface area (Å²) in [6, 6.07) is 4.40. The zero-order valence-electron chi connectivity index (χ0n) is 14.3. The van der Waals surface area contributed by atoms with Crippen LogP contribution in [0.5, 0.6) is 0 Å². The molecule has 2 saturated heterocycles. The normalized spacial score (nSPS) is 31.4. The highest BCUT2D eigenvalue weighted by atomic mass is 32.1. The van der Waals surface area contributed by atoms with Crippen LogP contribution in [0.25, 0.3) is 10.3 Å². The van der Waals surface area contributed by atoms with Gasteiger partial charge in [0.05, 0.1) is 6.10 Å². The number of aryl methyl sites for hydroxylation is 1. The number of piperidine rings is 1. The van der Waals surface area contributed by atoms with Crippen molar-refractivity contribution in [2.45, 2.75) is 38.3 Å². The predicted molar refractivity (Wildman–Crippen MR) is 96.7 cm³/mol. The molecule has 2 aliphatic heterocycles. The average molecular weight is 358 g/mol. The van der Waals surface area contributed by atoms with Crippen molar-refractivity contribution >= 4 is 32.7 Å². The minimum absolute atomic E-state index is 0.0376. The van der Waals surface area contributed by atoms with Crippen LogP contribution in [0.2, 0.25) is 0 Å². The summed E-state index contributed by atoms with van der Waals surface area (Å²) in [7, 11) is 0. The zero-order valence-corrected chi connectivity index (χ0v) is 15.1. The molecule has 1 saturated carbocycles. The number of aliphatic hydroxyl groups is 1. The number of nitrogens with zero attached hydrogens (tertiary/aromatic N) is 4. The summed E-state index contributed by atoms with van der Waals surface area (Å²) in [4.78, 5) is 27.4. The van der Waals surface area contributed by atoms with E-state index in [1.807, 2.05) is 24.0 Å². The molecule has 132 valence electrons. The molecule has 3 fully saturated rings. The molecule has 2 aromatic heterocycles. The Morgan fingerprint density at radius 1 is 1.20 bits per heavy atom. The first-order chi connectivity index (χ1) is 12.1. The van der Waals surface area contributed by atoms with E-state index in [9.17, 15) is 9.90 Å². The van der Waals surface area contributed by atoms with Gasteiger partial charge in [0.15, 0.2) is 5.13 Å². The van der Waals surface area contributed by atoms with Crippen LogP contribution in [-0.4, -0.2) is 57.7 Å². The van der Waals surface area contributed by atoms with E-state index in [0.29, 0.717) is 24.8 Å². The van der Waals surface area contributed by atoms with E-state index in [1.54, 1.807) is 11.3 Å². The Labute approximate surface area is 150 Å². The van der Waals surface area contributed by atoms with Gasteiger partial charge in [0.1, 0.15) is 10.3 Å². The van der Waals surface area contributed by atoms with Gasteiger partial charge in [-0.2, -0.15) is 0 Å². The van der Waals surface area contributed by atoms with Crippen LogP contribution < -0.4 is 4.90 Å². The highest BCUT2D eigenvalue weighted by Gasteiger charge is 2.44. The lowest BCUT2D eigenvalue weighted by Gasteiger charge is -2.38. The molecular weight excluding hydrogens is 336 g/mol. The maximum atomic E-state index is 12.6. The summed E-state index contributed by atoms with van der Waals surface area (Å²) in [6.07, 6.45) is 2.14. The molecule has 6 nitrogen and oxygen atoms in total. The number of anilines is 1. The fourth-order valence-electron chi connectivity index (χ4n) is 4.44. The summed E-state index contributed by atoms with van der Waals surface area (Å²) in [5, 5.41) is 10.5. The number of carbonyl (C=O) groups is 1. The molecule has 2 bridgehead atoms. The predicted octanol–water partition coefficient (Wildman–Crippen LogP) is 1.81. The topological polar surface area (TPSA) is 69.6 Å². The lowest BCUT2D eigenvalue weighted by molar-refractivity contribution is -0.143.